The van der Waals surface area contributed by atoms with Crippen molar-refractivity contribution in [1.29, 1.82) is 0 Å². The van der Waals surface area contributed by atoms with Gasteiger partial charge >= 0.3 is 0 Å². The molecule has 3 unspecified atom stereocenters. The second kappa shape index (κ2) is 11.6. The second-order valence-electron chi connectivity index (χ2n) is 8.66. The molecule has 1 N–H and O–H groups in total. The Hall–Kier alpha value is -2.48. The molecule has 0 aromatic heterocycles. The zero-order valence-electron chi connectivity index (χ0n) is 20.6. The fourth-order valence-corrected chi connectivity index (χ4v) is 5.79. The minimum Gasteiger partial charge on any atom is -0.467 e. The predicted molar refractivity (Wildman–Crippen MR) is 143 cm³/mol. The molecule has 0 spiro atoms. The van der Waals surface area contributed by atoms with E-state index in [1.165, 1.54) is 33.1 Å². The highest BCUT2D eigenvalue weighted by Crippen LogP contribution is 2.44. The van der Waals surface area contributed by atoms with Crippen LogP contribution in [0.4, 0.5) is 0 Å². The van der Waals surface area contributed by atoms with Crippen LogP contribution in [0.3, 0.4) is 0 Å². The molecule has 3 aromatic carbocycles. The molecule has 0 aliphatic rings. The summed E-state index contributed by atoms with van der Waals surface area (Å²) < 4.78 is 5.84. The minimum atomic E-state index is -0.314. The van der Waals surface area contributed by atoms with E-state index in [0.29, 0.717) is 14.5 Å². The van der Waals surface area contributed by atoms with Gasteiger partial charge in [0.25, 0.3) is 0 Å². The molecule has 174 valence electrons. The van der Waals surface area contributed by atoms with Gasteiger partial charge in [0.15, 0.2) is 6.79 Å². The first-order valence-corrected chi connectivity index (χ1v) is 12.8. The maximum absolute atomic E-state index is 9.65. The zero-order chi connectivity index (χ0) is 24.0. The molecule has 4 heteroatoms. The average molecular weight is 462 g/mol. The van der Waals surface area contributed by atoms with E-state index in [9.17, 15) is 5.11 Å². The van der Waals surface area contributed by atoms with Crippen molar-refractivity contribution in [2.75, 3.05) is 13.8 Å². The van der Waals surface area contributed by atoms with Crippen LogP contribution >= 0.6 is 8.58 Å². The Morgan fingerprint density at radius 3 is 2.33 bits per heavy atom. The summed E-state index contributed by atoms with van der Waals surface area (Å²) in [7, 11) is 2.41. The SMILES string of the molecule is CCC(C)c1cc(C)cc(C(C)Pc2c(C)cccc2C(=NC)c2ccccc2)c1OCO. The highest BCUT2D eigenvalue weighted by atomic mass is 31.1. The Kier molecular flexibility index (Phi) is 8.83. The van der Waals surface area contributed by atoms with Crippen LogP contribution in [0, 0.1) is 13.8 Å². The quantitative estimate of drug-likeness (QED) is 0.219. The second-order valence-corrected chi connectivity index (χ2v) is 10.3. The molecule has 33 heavy (non-hydrogen) atoms. The number of aliphatic imine (C=N–C) groups is 1. The minimum absolute atomic E-state index is 0.239. The molecule has 0 bridgehead atoms. The first-order valence-electron chi connectivity index (χ1n) is 11.7. The largest absolute Gasteiger partial charge is 0.467 e. The third kappa shape index (κ3) is 5.72. The molecule has 3 rings (SSSR count). The number of aryl methyl sites for hydroxylation is 2. The number of rotatable bonds is 9. The van der Waals surface area contributed by atoms with Gasteiger partial charge in [-0.25, -0.2) is 0 Å². The molecule has 0 fully saturated rings. The van der Waals surface area contributed by atoms with E-state index in [-0.39, 0.29) is 12.5 Å². The zero-order valence-corrected chi connectivity index (χ0v) is 21.6. The van der Waals surface area contributed by atoms with Crippen molar-refractivity contribution in [2.24, 2.45) is 4.99 Å². The van der Waals surface area contributed by atoms with Crippen LogP contribution in [-0.2, 0) is 0 Å². The summed E-state index contributed by atoms with van der Waals surface area (Å²) in [6.07, 6.45) is 1.02. The first-order chi connectivity index (χ1) is 15.9. The van der Waals surface area contributed by atoms with Crippen LogP contribution in [-0.4, -0.2) is 24.7 Å². The molecule has 0 heterocycles. The average Bonchev–Trinajstić information content (AvgIpc) is 2.82. The van der Waals surface area contributed by atoms with Gasteiger partial charge in [-0.3, -0.25) is 4.99 Å². The lowest BCUT2D eigenvalue weighted by Gasteiger charge is -2.24. The lowest BCUT2D eigenvalue weighted by atomic mass is 9.92. The molecule has 0 saturated heterocycles. The highest BCUT2D eigenvalue weighted by Gasteiger charge is 2.22. The molecule has 3 aromatic rings. The predicted octanol–water partition coefficient (Wildman–Crippen LogP) is 6.68. The van der Waals surface area contributed by atoms with Gasteiger partial charge in [-0.2, -0.15) is 0 Å². The van der Waals surface area contributed by atoms with Crippen molar-refractivity contribution in [3.63, 3.8) is 0 Å². The lowest BCUT2D eigenvalue weighted by Crippen LogP contribution is -2.17. The molecule has 0 aliphatic carbocycles. The van der Waals surface area contributed by atoms with Crippen molar-refractivity contribution in [2.45, 2.75) is 52.6 Å². The van der Waals surface area contributed by atoms with Gasteiger partial charge in [-0.15, -0.1) is 0 Å². The first kappa shape index (κ1) is 25.1. The number of hydrogen-bond acceptors (Lipinski definition) is 3. The van der Waals surface area contributed by atoms with E-state index >= 15 is 0 Å². The highest BCUT2D eigenvalue weighted by molar-refractivity contribution is 7.48. The Balaban J connectivity index is 2.08. The molecule has 3 atom stereocenters. The van der Waals surface area contributed by atoms with E-state index in [1.807, 2.05) is 13.1 Å². The standard InChI is InChI=1S/C29H36NO2P/c1-7-20(3)25-16-19(2)17-26(28(25)32-18-31)22(5)33-29-21(4)12-11-15-24(29)27(30-6)23-13-9-8-10-14-23/h8-17,20,22,31,33H,7,18H2,1-6H3. The van der Waals surface area contributed by atoms with Crippen LogP contribution in [0.15, 0.2) is 65.7 Å². The molecule has 0 amide bonds. The van der Waals surface area contributed by atoms with E-state index in [4.69, 9.17) is 4.74 Å². The number of nitrogens with zero attached hydrogens (tertiary/aromatic N) is 1. The summed E-state index contributed by atoms with van der Waals surface area (Å²) in [5.41, 5.74) is 8.43. The van der Waals surface area contributed by atoms with Gasteiger partial charge in [0.2, 0.25) is 0 Å². The van der Waals surface area contributed by atoms with Crippen LogP contribution < -0.4 is 10.0 Å². The van der Waals surface area contributed by atoms with Crippen molar-refractivity contribution in [3.8, 4) is 5.75 Å². The summed E-state index contributed by atoms with van der Waals surface area (Å²) in [5, 5.41) is 11.0. The normalized spacial score (nSPS) is 14.0. The van der Waals surface area contributed by atoms with Crippen LogP contribution in [0.1, 0.15) is 72.1 Å². The van der Waals surface area contributed by atoms with E-state index < -0.39 is 0 Å². The van der Waals surface area contributed by atoms with Crippen LogP contribution in [0.25, 0.3) is 0 Å². The summed E-state index contributed by atoms with van der Waals surface area (Å²) in [6.45, 7) is 10.7. The molecular formula is C29H36NO2P. The smallest absolute Gasteiger partial charge is 0.186 e. The summed E-state index contributed by atoms with van der Waals surface area (Å²) in [6, 6.07) is 21.3. The number of aliphatic hydroxyl groups is 1. The van der Waals surface area contributed by atoms with Crippen molar-refractivity contribution in [3.05, 3.63) is 94.0 Å². The topological polar surface area (TPSA) is 41.8 Å². The Morgan fingerprint density at radius 2 is 1.70 bits per heavy atom. The third-order valence-electron chi connectivity index (χ3n) is 6.27. The van der Waals surface area contributed by atoms with Crippen molar-refractivity contribution in [1.82, 2.24) is 0 Å². The molecule has 0 radical (unpaired) electrons. The maximum Gasteiger partial charge on any atom is 0.186 e. The Labute approximate surface area is 200 Å². The fraction of sp³-hybridized carbons (Fsp3) is 0.345. The fourth-order valence-electron chi connectivity index (χ4n) is 4.32. The van der Waals surface area contributed by atoms with E-state index in [0.717, 1.165) is 23.4 Å². The molecule has 0 aliphatic heterocycles. The number of hydrogen-bond donors (Lipinski definition) is 1. The summed E-state index contributed by atoms with van der Waals surface area (Å²) >= 11 is 0. The monoisotopic (exact) mass is 461 g/mol. The van der Waals surface area contributed by atoms with Crippen molar-refractivity contribution < 1.29 is 9.84 Å². The number of ether oxygens (including phenoxy) is 1. The van der Waals surface area contributed by atoms with Crippen molar-refractivity contribution >= 4 is 19.6 Å². The van der Waals surface area contributed by atoms with Gasteiger partial charge < -0.3 is 9.84 Å². The Morgan fingerprint density at radius 1 is 1.00 bits per heavy atom. The van der Waals surface area contributed by atoms with Gasteiger partial charge in [0.1, 0.15) is 5.75 Å². The van der Waals surface area contributed by atoms with Crippen LogP contribution in [0.5, 0.6) is 5.75 Å². The number of benzene rings is 3. The Bertz CT molecular complexity index is 1110. The van der Waals surface area contributed by atoms with Gasteiger partial charge in [-0.1, -0.05) is 95.6 Å². The molecule has 0 saturated carbocycles. The van der Waals surface area contributed by atoms with E-state index in [2.05, 4.69) is 94.2 Å². The number of aliphatic hydroxyl groups excluding tert-OH is 1. The van der Waals surface area contributed by atoms with Gasteiger partial charge in [-0.05, 0) is 42.6 Å². The maximum atomic E-state index is 9.65. The van der Waals surface area contributed by atoms with Gasteiger partial charge in [0.05, 0.1) is 5.71 Å². The molecule has 3 nitrogen and oxygen atoms in total. The lowest BCUT2D eigenvalue weighted by molar-refractivity contribution is 0.0962. The third-order valence-corrected chi connectivity index (χ3v) is 7.97. The summed E-state index contributed by atoms with van der Waals surface area (Å²) in [4.78, 5) is 4.68. The van der Waals surface area contributed by atoms with Gasteiger partial charge in [0, 0.05) is 29.4 Å². The van der Waals surface area contributed by atoms with Crippen LogP contribution in [0.2, 0.25) is 0 Å². The van der Waals surface area contributed by atoms with E-state index in [1.54, 1.807) is 0 Å². The molecular weight excluding hydrogens is 425 g/mol. The summed E-state index contributed by atoms with van der Waals surface area (Å²) in [5.74, 6) is 1.21.